The molecule has 4 aromatic rings. The Balaban J connectivity index is 1.60. The topological polar surface area (TPSA) is 90.3 Å². The minimum atomic E-state index is -3.79. The van der Waals surface area contributed by atoms with E-state index >= 15 is 0 Å². The summed E-state index contributed by atoms with van der Waals surface area (Å²) in [7, 11) is -2.29. The van der Waals surface area contributed by atoms with Gasteiger partial charge in [-0.3, -0.25) is 4.79 Å². The summed E-state index contributed by atoms with van der Waals surface area (Å²) in [6, 6.07) is 20.8. The fraction of sp³-hybridized carbons (Fsp3) is 0.130. The number of halogens is 1. The van der Waals surface area contributed by atoms with Crippen molar-refractivity contribution in [3.63, 3.8) is 0 Å². The van der Waals surface area contributed by atoms with Crippen LogP contribution in [0.15, 0.2) is 78.0 Å². The molecule has 3 aromatic carbocycles. The molecule has 0 unspecified atom stereocenters. The number of rotatable bonds is 8. The van der Waals surface area contributed by atoms with Gasteiger partial charge in [-0.2, -0.15) is 0 Å². The van der Waals surface area contributed by atoms with Crippen molar-refractivity contribution in [2.45, 2.75) is 10.9 Å². The molecule has 0 spiro atoms. The first-order valence-corrected chi connectivity index (χ1v) is 12.9. The summed E-state index contributed by atoms with van der Waals surface area (Å²) < 4.78 is 33.1. The van der Waals surface area contributed by atoms with Crippen LogP contribution in [0.5, 0.6) is 5.75 Å². The molecule has 0 aliphatic carbocycles. The number of hydrogen-bond acceptors (Lipinski definition) is 6. The molecule has 4 rings (SSSR count). The number of ether oxygens (including phenoxy) is 1. The van der Waals surface area contributed by atoms with Gasteiger partial charge in [0, 0.05) is 5.02 Å². The van der Waals surface area contributed by atoms with Crippen LogP contribution in [0.1, 0.15) is 5.56 Å². The highest BCUT2D eigenvalue weighted by atomic mass is 35.5. The smallest absolute Gasteiger partial charge is 0.245 e. The third-order valence-electron chi connectivity index (χ3n) is 4.73. The Kier molecular flexibility index (Phi) is 6.92. The Labute approximate surface area is 200 Å². The molecule has 1 N–H and O–H groups in total. The SMILES string of the molecule is COc1ccc(Cl)cc1NC(=O)CSc1nc2ccccc2n1S(=O)(=O)Cc1ccccc1. The van der Waals surface area contributed by atoms with Crippen LogP contribution in [0.25, 0.3) is 11.0 Å². The summed E-state index contributed by atoms with van der Waals surface area (Å²) in [4.78, 5) is 17.1. The monoisotopic (exact) mass is 501 g/mol. The van der Waals surface area contributed by atoms with Crippen LogP contribution < -0.4 is 10.1 Å². The average molecular weight is 502 g/mol. The highest BCUT2D eigenvalue weighted by Gasteiger charge is 2.23. The number of fused-ring (bicyclic) bond motifs is 1. The van der Waals surface area contributed by atoms with Crippen LogP contribution in [0, 0.1) is 0 Å². The molecule has 0 aliphatic rings. The van der Waals surface area contributed by atoms with Gasteiger partial charge in [0.15, 0.2) is 5.16 Å². The number of nitrogens with zero attached hydrogens (tertiary/aromatic N) is 2. The standard InChI is InChI=1S/C23H20ClN3O4S2/c1-31-21-12-11-17(24)13-19(21)25-22(28)14-32-23-26-18-9-5-6-10-20(18)27(23)33(29,30)15-16-7-3-2-4-8-16/h2-13H,14-15H2,1H3,(H,25,28). The molecular formula is C23H20ClN3O4S2. The minimum Gasteiger partial charge on any atom is -0.495 e. The van der Waals surface area contributed by atoms with Crippen molar-refractivity contribution >= 4 is 56.0 Å². The largest absolute Gasteiger partial charge is 0.495 e. The van der Waals surface area contributed by atoms with Gasteiger partial charge in [0.25, 0.3) is 0 Å². The predicted octanol–water partition coefficient (Wildman–Crippen LogP) is 4.81. The Morgan fingerprint density at radius 1 is 1.09 bits per heavy atom. The van der Waals surface area contributed by atoms with Gasteiger partial charge < -0.3 is 10.1 Å². The lowest BCUT2D eigenvalue weighted by atomic mass is 10.2. The predicted molar refractivity (Wildman–Crippen MR) is 132 cm³/mol. The molecule has 0 saturated heterocycles. The maximum Gasteiger partial charge on any atom is 0.245 e. The van der Waals surface area contributed by atoms with E-state index in [1.165, 1.54) is 11.1 Å². The van der Waals surface area contributed by atoms with E-state index in [0.717, 1.165) is 11.8 Å². The normalized spacial score (nSPS) is 11.5. The lowest BCUT2D eigenvalue weighted by Crippen LogP contribution is -2.18. The van der Waals surface area contributed by atoms with Gasteiger partial charge in [0.2, 0.25) is 15.9 Å². The summed E-state index contributed by atoms with van der Waals surface area (Å²) in [5, 5.41) is 3.42. The second kappa shape index (κ2) is 9.86. The molecule has 1 amide bonds. The fourth-order valence-corrected chi connectivity index (χ4v) is 6.14. The molecule has 0 radical (unpaired) electrons. The zero-order valence-electron chi connectivity index (χ0n) is 17.6. The van der Waals surface area contributed by atoms with Crippen molar-refractivity contribution in [2.24, 2.45) is 0 Å². The van der Waals surface area contributed by atoms with Crippen molar-refractivity contribution < 1.29 is 17.9 Å². The highest BCUT2D eigenvalue weighted by molar-refractivity contribution is 8.00. The van der Waals surface area contributed by atoms with Crippen LogP contribution in [0.4, 0.5) is 5.69 Å². The number of benzene rings is 3. The first-order chi connectivity index (χ1) is 15.9. The Morgan fingerprint density at radius 3 is 2.58 bits per heavy atom. The van der Waals surface area contributed by atoms with Gasteiger partial charge >= 0.3 is 0 Å². The summed E-state index contributed by atoms with van der Waals surface area (Å²) in [6.45, 7) is 0. The number of thioether (sulfide) groups is 1. The Hall–Kier alpha value is -3.01. The summed E-state index contributed by atoms with van der Waals surface area (Å²) >= 11 is 7.06. The number of methoxy groups -OCH3 is 1. The van der Waals surface area contributed by atoms with Crippen LogP contribution in [-0.4, -0.2) is 36.1 Å². The number of carbonyl (C=O) groups is 1. The number of imidazole rings is 1. The fourth-order valence-electron chi connectivity index (χ4n) is 3.29. The zero-order valence-corrected chi connectivity index (χ0v) is 20.0. The van der Waals surface area contributed by atoms with Gasteiger partial charge in [0.1, 0.15) is 5.75 Å². The van der Waals surface area contributed by atoms with Crippen molar-refractivity contribution in [3.8, 4) is 5.75 Å². The molecule has 0 saturated carbocycles. The van der Waals surface area contributed by atoms with Gasteiger partial charge in [0.05, 0.1) is 35.3 Å². The Morgan fingerprint density at radius 2 is 1.82 bits per heavy atom. The van der Waals surface area contributed by atoms with Crippen LogP contribution >= 0.6 is 23.4 Å². The second-order valence-electron chi connectivity index (χ2n) is 7.07. The molecule has 0 atom stereocenters. The Bertz CT molecular complexity index is 1410. The van der Waals surface area contributed by atoms with Crippen molar-refractivity contribution in [3.05, 3.63) is 83.4 Å². The van der Waals surface area contributed by atoms with E-state index in [0.29, 0.717) is 33.1 Å². The first kappa shape index (κ1) is 23.2. The number of hydrogen-bond donors (Lipinski definition) is 1. The number of anilines is 1. The molecule has 1 heterocycles. The van der Waals surface area contributed by atoms with Crippen molar-refractivity contribution in [1.82, 2.24) is 8.96 Å². The molecule has 7 nitrogen and oxygen atoms in total. The van der Waals surface area contributed by atoms with E-state index < -0.39 is 10.0 Å². The third-order valence-corrected chi connectivity index (χ3v) is 7.64. The molecule has 0 fully saturated rings. The highest BCUT2D eigenvalue weighted by Crippen LogP contribution is 2.30. The summed E-state index contributed by atoms with van der Waals surface area (Å²) in [5.41, 5.74) is 2.10. The quantitative estimate of drug-likeness (QED) is 0.348. The van der Waals surface area contributed by atoms with E-state index in [4.69, 9.17) is 16.3 Å². The average Bonchev–Trinajstić information content (AvgIpc) is 3.18. The number of carbonyl (C=O) groups excluding carboxylic acids is 1. The first-order valence-electron chi connectivity index (χ1n) is 9.88. The molecule has 33 heavy (non-hydrogen) atoms. The van der Waals surface area contributed by atoms with Crippen molar-refractivity contribution in [2.75, 3.05) is 18.2 Å². The van der Waals surface area contributed by atoms with Gasteiger partial charge in [-0.1, -0.05) is 65.8 Å². The molecule has 10 heteroatoms. The zero-order chi connectivity index (χ0) is 23.4. The minimum absolute atomic E-state index is 0.0557. The lowest BCUT2D eigenvalue weighted by molar-refractivity contribution is -0.113. The number of nitrogens with one attached hydrogen (secondary N) is 1. The van der Waals surface area contributed by atoms with E-state index in [2.05, 4.69) is 10.3 Å². The van der Waals surface area contributed by atoms with Crippen LogP contribution in [0.3, 0.4) is 0 Å². The molecule has 0 bridgehead atoms. The second-order valence-corrected chi connectivity index (χ2v) is 10.3. The maximum absolute atomic E-state index is 13.3. The van der Waals surface area contributed by atoms with E-state index in [9.17, 15) is 13.2 Å². The van der Waals surface area contributed by atoms with Crippen LogP contribution in [0.2, 0.25) is 5.02 Å². The lowest BCUT2D eigenvalue weighted by Gasteiger charge is -2.12. The molecular weight excluding hydrogens is 482 g/mol. The summed E-state index contributed by atoms with van der Waals surface area (Å²) in [6.07, 6.45) is 0. The number of para-hydroxylation sites is 2. The van der Waals surface area contributed by atoms with Crippen LogP contribution in [-0.2, 0) is 20.6 Å². The van der Waals surface area contributed by atoms with Crippen molar-refractivity contribution in [1.29, 1.82) is 0 Å². The summed E-state index contributed by atoms with van der Waals surface area (Å²) in [5.74, 6) is -0.122. The number of aromatic nitrogens is 2. The van der Waals surface area contributed by atoms with E-state index in [-0.39, 0.29) is 22.6 Å². The maximum atomic E-state index is 13.3. The van der Waals surface area contributed by atoms with E-state index in [1.54, 1.807) is 66.7 Å². The molecule has 1 aromatic heterocycles. The van der Waals surface area contributed by atoms with E-state index in [1.807, 2.05) is 6.07 Å². The van der Waals surface area contributed by atoms with Gasteiger partial charge in [-0.15, -0.1) is 0 Å². The third kappa shape index (κ3) is 5.32. The number of amides is 1. The van der Waals surface area contributed by atoms with Gasteiger partial charge in [-0.25, -0.2) is 17.4 Å². The van der Waals surface area contributed by atoms with Gasteiger partial charge in [-0.05, 0) is 35.9 Å². The molecule has 170 valence electrons. The molecule has 0 aliphatic heterocycles.